The molecule has 1 aliphatic heterocycles. The standard InChI is InChI=1S/C18H28N4/c1-13(2)21-10-8-14(12-21)22-16(11-18(3,4)5)20-15-7-6-9-19-17(15)22/h6-7,9,13-14H,8,10-12H2,1-5H3. The molecule has 1 atom stereocenters. The van der Waals surface area contributed by atoms with Crippen LogP contribution in [0.5, 0.6) is 0 Å². The Morgan fingerprint density at radius 2 is 2.09 bits per heavy atom. The van der Waals surface area contributed by atoms with E-state index in [1.54, 1.807) is 0 Å². The maximum atomic E-state index is 4.89. The molecule has 3 rings (SSSR count). The van der Waals surface area contributed by atoms with E-state index in [0.717, 1.165) is 24.1 Å². The van der Waals surface area contributed by atoms with E-state index in [9.17, 15) is 0 Å². The molecule has 0 bridgehead atoms. The van der Waals surface area contributed by atoms with Gasteiger partial charge in [0.1, 0.15) is 11.3 Å². The normalized spacial score (nSPS) is 20.4. The van der Waals surface area contributed by atoms with Crippen LogP contribution in [0.25, 0.3) is 11.2 Å². The van der Waals surface area contributed by atoms with Gasteiger partial charge in [0.05, 0.1) is 6.04 Å². The Bertz CT molecular complexity index is 651. The van der Waals surface area contributed by atoms with Gasteiger partial charge in [-0.05, 0) is 37.8 Å². The van der Waals surface area contributed by atoms with Gasteiger partial charge in [-0.2, -0.15) is 0 Å². The van der Waals surface area contributed by atoms with Gasteiger partial charge in [0, 0.05) is 31.7 Å². The number of likely N-dealkylation sites (tertiary alicyclic amines) is 1. The summed E-state index contributed by atoms with van der Waals surface area (Å²) < 4.78 is 2.42. The van der Waals surface area contributed by atoms with Gasteiger partial charge in [0.2, 0.25) is 0 Å². The summed E-state index contributed by atoms with van der Waals surface area (Å²) in [4.78, 5) is 12.1. The first-order valence-corrected chi connectivity index (χ1v) is 8.41. The summed E-state index contributed by atoms with van der Waals surface area (Å²) in [6, 6.07) is 5.17. The fourth-order valence-electron chi connectivity index (χ4n) is 3.41. The zero-order valence-electron chi connectivity index (χ0n) is 14.5. The Morgan fingerprint density at radius 1 is 1.32 bits per heavy atom. The molecule has 0 radical (unpaired) electrons. The highest BCUT2D eigenvalue weighted by atomic mass is 15.2. The molecule has 1 aliphatic rings. The Morgan fingerprint density at radius 3 is 2.73 bits per heavy atom. The van der Waals surface area contributed by atoms with Crippen molar-refractivity contribution in [2.45, 2.75) is 59.5 Å². The molecule has 22 heavy (non-hydrogen) atoms. The minimum absolute atomic E-state index is 0.232. The summed E-state index contributed by atoms with van der Waals surface area (Å²) in [7, 11) is 0. The molecule has 1 fully saturated rings. The van der Waals surface area contributed by atoms with Gasteiger partial charge < -0.3 is 4.57 Å². The summed E-state index contributed by atoms with van der Waals surface area (Å²) >= 11 is 0. The van der Waals surface area contributed by atoms with Crippen molar-refractivity contribution in [3.05, 3.63) is 24.2 Å². The van der Waals surface area contributed by atoms with Crippen LogP contribution in [0.4, 0.5) is 0 Å². The average Bonchev–Trinajstić information content (AvgIpc) is 2.99. The van der Waals surface area contributed by atoms with E-state index >= 15 is 0 Å². The summed E-state index contributed by atoms with van der Waals surface area (Å²) in [5.41, 5.74) is 2.32. The lowest BCUT2D eigenvalue weighted by molar-refractivity contribution is 0.264. The zero-order chi connectivity index (χ0) is 15.9. The molecule has 1 unspecified atom stereocenters. The van der Waals surface area contributed by atoms with Crippen molar-refractivity contribution in [3.8, 4) is 0 Å². The minimum atomic E-state index is 0.232. The first-order valence-electron chi connectivity index (χ1n) is 8.41. The summed E-state index contributed by atoms with van der Waals surface area (Å²) in [6.45, 7) is 13.7. The lowest BCUT2D eigenvalue weighted by atomic mass is 9.92. The van der Waals surface area contributed by atoms with Crippen LogP contribution in [0.2, 0.25) is 0 Å². The maximum Gasteiger partial charge on any atom is 0.160 e. The molecule has 120 valence electrons. The van der Waals surface area contributed by atoms with Crippen LogP contribution in [0.15, 0.2) is 18.3 Å². The Kier molecular flexibility index (Phi) is 3.98. The SMILES string of the molecule is CC(C)N1CCC(n2c(CC(C)(C)C)nc3cccnc32)C1. The van der Waals surface area contributed by atoms with E-state index < -0.39 is 0 Å². The van der Waals surface area contributed by atoms with Crippen LogP contribution in [-0.2, 0) is 6.42 Å². The molecule has 0 aliphatic carbocycles. The predicted octanol–water partition coefficient (Wildman–Crippen LogP) is 3.68. The monoisotopic (exact) mass is 300 g/mol. The Balaban J connectivity index is 2.01. The third kappa shape index (κ3) is 3.02. The number of fused-ring (bicyclic) bond motifs is 1. The molecule has 0 saturated carbocycles. The van der Waals surface area contributed by atoms with Crippen LogP contribution in [0, 0.1) is 5.41 Å². The van der Waals surface area contributed by atoms with E-state index in [4.69, 9.17) is 4.98 Å². The topological polar surface area (TPSA) is 34.0 Å². The summed E-state index contributed by atoms with van der Waals surface area (Å²) in [6.07, 6.45) is 4.06. The van der Waals surface area contributed by atoms with E-state index in [0.29, 0.717) is 12.1 Å². The highest BCUT2D eigenvalue weighted by molar-refractivity contribution is 5.71. The van der Waals surface area contributed by atoms with Crippen LogP contribution in [-0.4, -0.2) is 38.6 Å². The molecular weight excluding hydrogens is 272 g/mol. The van der Waals surface area contributed by atoms with Gasteiger partial charge in [-0.15, -0.1) is 0 Å². The van der Waals surface area contributed by atoms with Crippen LogP contribution >= 0.6 is 0 Å². The average molecular weight is 300 g/mol. The fourth-order valence-corrected chi connectivity index (χ4v) is 3.41. The molecule has 3 heterocycles. The van der Waals surface area contributed by atoms with E-state index in [1.165, 1.54) is 18.8 Å². The largest absolute Gasteiger partial charge is 0.308 e. The first-order chi connectivity index (χ1) is 10.3. The van der Waals surface area contributed by atoms with E-state index in [-0.39, 0.29) is 5.41 Å². The van der Waals surface area contributed by atoms with Crippen molar-refractivity contribution in [3.63, 3.8) is 0 Å². The minimum Gasteiger partial charge on any atom is -0.308 e. The third-order valence-corrected chi connectivity index (χ3v) is 4.50. The lowest BCUT2D eigenvalue weighted by Crippen LogP contribution is -2.29. The van der Waals surface area contributed by atoms with Gasteiger partial charge in [0.15, 0.2) is 5.65 Å². The smallest absolute Gasteiger partial charge is 0.160 e. The highest BCUT2D eigenvalue weighted by Gasteiger charge is 2.30. The van der Waals surface area contributed by atoms with Crippen LogP contribution in [0.1, 0.15) is 52.9 Å². The Labute approximate surface area is 133 Å². The second kappa shape index (κ2) is 5.65. The third-order valence-electron chi connectivity index (χ3n) is 4.50. The maximum absolute atomic E-state index is 4.89. The summed E-state index contributed by atoms with van der Waals surface area (Å²) in [5, 5.41) is 0. The molecule has 0 amide bonds. The van der Waals surface area contributed by atoms with Gasteiger partial charge in [0.25, 0.3) is 0 Å². The van der Waals surface area contributed by atoms with Crippen molar-refractivity contribution >= 4 is 11.2 Å². The van der Waals surface area contributed by atoms with Gasteiger partial charge in [-0.3, -0.25) is 4.90 Å². The fraction of sp³-hybridized carbons (Fsp3) is 0.667. The van der Waals surface area contributed by atoms with E-state index in [1.807, 2.05) is 12.3 Å². The number of hydrogen-bond acceptors (Lipinski definition) is 3. The number of nitrogens with zero attached hydrogens (tertiary/aromatic N) is 4. The quantitative estimate of drug-likeness (QED) is 0.867. The molecule has 0 N–H and O–H groups in total. The molecule has 0 aromatic carbocycles. The number of imidazole rings is 1. The second-order valence-electron chi connectivity index (χ2n) is 8.01. The number of hydrogen-bond donors (Lipinski definition) is 0. The van der Waals surface area contributed by atoms with Gasteiger partial charge in [-0.25, -0.2) is 9.97 Å². The molecule has 1 saturated heterocycles. The number of aromatic nitrogens is 3. The molecule has 0 spiro atoms. The van der Waals surface area contributed by atoms with Crippen molar-refractivity contribution < 1.29 is 0 Å². The molecule has 4 heteroatoms. The van der Waals surface area contributed by atoms with Crippen LogP contribution in [0.3, 0.4) is 0 Å². The van der Waals surface area contributed by atoms with Crippen molar-refractivity contribution in [1.82, 2.24) is 19.4 Å². The van der Waals surface area contributed by atoms with Crippen molar-refractivity contribution in [2.24, 2.45) is 5.41 Å². The zero-order valence-corrected chi connectivity index (χ0v) is 14.5. The number of pyridine rings is 1. The predicted molar refractivity (Wildman–Crippen MR) is 91.1 cm³/mol. The van der Waals surface area contributed by atoms with E-state index in [2.05, 4.69) is 55.1 Å². The molecule has 2 aromatic heterocycles. The van der Waals surface area contributed by atoms with Crippen LogP contribution < -0.4 is 0 Å². The summed E-state index contributed by atoms with van der Waals surface area (Å²) in [5.74, 6) is 1.19. The van der Waals surface area contributed by atoms with Gasteiger partial charge in [-0.1, -0.05) is 20.8 Å². The van der Waals surface area contributed by atoms with Gasteiger partial charge >= 0.3 is 0 Å². The van der Waals surface area contributed by atoms with Crippen molar-refractivity contribution in [2.75, 3.05) is 13.1 Å². The second-order valence-corrected chi connectivity index (χ2v) is 8.01. The lowest BCUT2D eigenvalue weighted by Gasteiger charge is -2.23. The first kappa shape index (κ1) is 15.5. The molecular formula is C18H28N4. The Hall–Kier alpha value is -1.42. The highest BCUT2D eigenvalue weighted by Crippen LogP contribution is 2.31. The van der Waals surface area contributed by atoms with Crippen molar-refractivity contribution in [1.29, 1.82) is 0 Å². The molecule has 2 aromatic rings. The molecule has 4 nitrogen and oxygen atoms in total. The number of rotatable bonds is 3.